The third kappa shape index (κ3) is 3.23. The number of nitrogens with zero attached hydrogens (tertiary/aromatic N) is 3. The molecule has 0 spiro atoms. The fourth-order valence-electron chi connectivity index (χ4n) is 4.28. The van der Waals surface area contributed by atoms with Gasteiger partial charge in [0.2, 0.25) is 5.43 Å². The zero-order valence-corrected chi connectivity index (χ0v) is 17.1. The summed E-state index contributed by atoms with van der Waals surface area (Å²) in [5.74, 6) is -1.10. The van der Waals surface area contributed by atoms with Crippen molar-refractivity contribution in [2.24, 2.45) is 0 Å². The molecule has 2 aromatic rings. The topological polar surface area (TPSA) is 54.8 Å². The monoisotopic (exact) mass is 399 g/mol. The number of carbonyl (C=O) groups is 1. The predicted molar refractivity (Wildman–Crippen MR) is 112 cm³/mol. The quantitative estimate of drug-likeness (QED) is 0.740. The van der Waals surface area contributed by atoms with E-state index in [1.807, 2.05) is 23.6 Å². The van der Waals surface area contributed by atoms with Gasteiger partial charge in [0.05, 0.1) is 23.2 Å². The molecule has 0 bridgehead atoms. The highest BCUT2D eigenvalue weighted by Crippen LogP contribution is 2.37. The van der Waals surface area contributed by atoms with Crippen LogP contribution in [0.1, 0.15) is 42.7 Å². The zero-order valence-electron chi connectivity index (χ0n) is 17.1. The van der Waals surface area contributed by atoms with Gasteiger partial charge in [-0.25, -0.2) is 9.18 Å². The molecule has 2 aliphatic heterocycles. The molecule has 1 unspecified atom stereocenters. The lowest BCUT2D eigenvalue weighted by Gasteiger charge is -2.37. The molecule has 1 aromatic carbocycles. The van der Waals surface area contributed by atoms with Gasteiger partial charge in [-0.05, 0) is 26.5 Å². The van der Waals surface area contributed by atoms with Crippen molar-refractivity contribution in [2.45, 2.75) is 26.8 Å². The molecule has 6 nitrogen and oxygen atoms in total. The van der Waals surface area contributed by atoms with Gasteiger partial charge >= 0.3 is 5.97 Å². The Balaban J connectivity index is 1.91. The number of hydrogen-bond acceptors (Lipinski definition) is 5. The number of piperazine rings is 1. The number of halogens is 1. The van der Waals surface area contributed by atoms with Crippen LogP contribution in [0.25, 0.3) is 17.0 Å². The maximum Gasteiger partial charge on any atom is 0.343 e. The molecule has 0 saturated carbocycles. The summed E-state index contributed by atoms with van der Waals surface area (Å²) in [4.78, 5) is 29.7. The van der Waals surface area contributed by atoms with Crippen LogP contribution in [-0.4, -0.2) is 54.8 Å². The van der Waals surface area contributed by atoms with Gasteiger partial charge < -0.3 is 19.1 Å². The minimum atomic E-state index is -0.674. The van der Waals surface area contributed by atoms with Gasteiger partial charge in [-0.2, -0.15) is 0 Å². The molecule has 29 heavy (non-hydrogen) atoms. The summed E-state index contributed by atoms with van der Waals surface area (Å²) in [5.41, 5.74) is 1.37. The molecule has 0 N–H and O–H groups in total. The van der Waals surface area contributed by atoms with Crippen molar-refractivity contribution >= 4 is 28.6 Å². The number of pyridine rings is 1. The third-order valence-electron chi connectivity index (χ3n) is 5.89. The first-order valence-electron chi connectivity index (χ1n) is 10.2. The van der Waals surface area contributed by atoms with E-state index in [2.05, 4.69) is 16.7 Å². The van der Waals surface area contributed by atoms with E-state index in [0.717, 1.165) is 32.7 Å². The second-order valence-corrected chi connectivity index (χ2v) is 7.54. The lowest BCUT2D eigenvalue weighted by atomic mass is 9.98. The van der Waals surface area contributed by atoms with Crippen LogP contribution in [0, 0.1) is 5.82 Å². The minimum Gasteiger partial charge on any atom is -0.462 e. The molecule has 0 radical (unpaired) electrons. The summed E-state index contributed by atoms with van der Waals surface area (Å²) >= 11 is 0. The van der Waals surface area contributed by atoms with Gasteiger partial charge in [0.15, 0.2) is 0 Å². The first kappa shape index (κ1) is 19.6. The first-order valence-corrected chi connectivity index (χ1v) is 10.2. The summed E-state index contributed by atoms with van der Waals surface area (Å²) in [6, 6.07) is 1.22. The third-order valence-corrected chi connectivity index (χ3v) is 5.89. The Morgan fingerprint density at radius 3 is 2.62 bits per heavy atom. The predicted octanol–water partition coefficient (Wildman–Crippen LogP) is 3.05. The van der Waals surface area contributed by atoms with Crippen LogP contribution in [0.5, 0.6) is 0 Å². The molecule has 1 aromatic heterocycles. The van der Waals surface area contributed by atoms with Crippen molar-refractivity contribution in [1.82, 2.24) is 9.47 Å². The van der Waals surface area contributed by atoms with Crippen LogP contribution in [0.15, 0.2) is 23.1 Å². The van der Waals surface area contributed by atoms with E-state index < -0.39 is 17.2 Å². The number of likely N-dealkylation sites (N-methyl/N-ethyl adjacent to an activating group) is 1. The van der Waals surface area contributed by atoms with Crippen LogP contribution in [0.3, 0.4) is 0 Å². The van der Waals surface area contributed by atoms with Crippen LogP contribution in [0.4, 0.5) is 10.1 Å². The fourth-order valence-corrected chi connectivity index (χ4v) is 4.28. The molecule has 1 atom stereocenters. The van der Waals surface area contributed by atoms with Crippen LogP contribution in [-0.2, 0) is 4.74 Å². The normalized spacial score (nSPS) is 19.0. The number of hydrogen-bond donors (Lipinski definition) is 0. The number of rotatable bonds is 4. The van der Waals surface area contributed by atoms with Crippen molar-refractivity contribution in [2.75, 3.05) is 44.2 Å². The lowest BCUT2D eigenvalue weighted by molar-refractivity contribution is 0.0524. The second-order valence-electron chi connectivity index (χ2n) is 7.54. The Bertz CT molecular complexity index is 1050. The zero-order chi connectivity index (χ0) is 20.7. The molecule has 2 aliphatic rings. The maximum atomic E-state index is 15.3. The Labute approximate surface area is 169 Å². The van der Waals surface area contributed by atoms with Crippen molar-refractivity contribution < 1.29 is 13.9 Å². The molecule has 3 heterocycles. The average molecular weight is 399 g/mol. The van der Waals surface area contributed by atoms with E-state index in [1.165, 1.54) is 6.07 Å². The van der Waals surface area contributed by atoms with Gasteiger partial charge in [-0.3, -0.25) is 4.79 Å². The highest BCUT2D eigenvalue weighted by Gasteiger charge is 2.28. The van der Waals surface area contributed by atoms with Gasteiger partial charge in [0.25, 0.3) is 0 Å². The number of benzene rings is 1. The van der Waals surface area contributed by atoms with Crippen LogP contribution in [0.2, 0.25) is 0 Å². The second kappa shape index (κ2) is 7.63. The number of ether oxygens (including phenoxy) is 1. The summed E-state index contributed by atoms with van der Waals surface area (Å²) in [7, 11) is 0. The van der Waals surface area contributed by atoms with E-state index in [-0.39, 0.29) is 23.6 Å². The number of allylic oxidation sites excluding steroid dienone is 1. The molecule has 154 valence electrons. The average Bonchev–Trinajstić information content (AvgIpc) is 2.72. The van der Waals surface area contributed by atoms with Gasteiger partial charge in [0.1, 0.15) is 11.4 Å². The molecule has 7 heteroatoms. The molecule has 1 saturated heterocycles. The number of esters is 1. The molecule has 0 amide bonds. The Morgan fingerprint density at radius 1 is 1.24 bits per heavy atom. The Hall–Kier alpha value is -2.67. The number of aromatic nitrogens is 1. The SMILES string of the molecule is CCOC(=O)c1cn2c3c(c(N4CCN(CC)CC4)c(F)cc3c1=O)C=CC2C. The number of carbonyl (C=O) groups excluding carboxylic acids is 1. The van der Waals surface area contributed by atoms with Crippen LogP contribution < -0.4 is 10.3 Å². The summed E-state index contributed by atoms with van der Waals surface area (Å²) in [5, 5.41) is 0.218. The summed E-state index contributed by atoms with van der Waals surface area (Å²) in [6.45, 7) is 10.2. The van der Waals surface area contributed by atoms with E-state index in [0.29, 0.717) is 16.8 Å². The van der Waals surface area contributed by atoms with Gasteiger partial charge in [0, 0.05) is 44.0 Å². The largest absolute Gasteiger partial charge is 0.462 e. The lowest BCUT2D eigenvalue weighted by Crippen LogP contribution is -2.46. The number of anilines is 1. The fraction of sp³-hybridized carbons (Fsp3) is 0.455. The van der Waals surface area contributed by atoms with Gasteiger partial charge in [-0.15, -0.1) is 0 Å². The van der Waals surface area contributed by atoms with Crippen LogP contribution >= 0.6 is 0 Å². The first-order chi connectivity index (χ1) is 14.0. The Kier molecular flexibility index (Phi) is 5.17. The molecule has 4 rings (SSSR count). The van der Waals surface area contributed by atoms with E-state index in [1.54, 1.807) is 13.1 Å². The van der Waals surface area contributed by atoms with Crippen molar-refractivity contribution in [3.63, 3.8) is 0 Å². The van der Waals surface area contributed by atoms with Crippen molar-refractivity contribution in [3.05, 3.63) is 45.5 Å². The van der Waals surface area contributed by atoms with Crippen molar-refractivity contribution in [3.8, 4) is 0 Å². The van der Waals surface area contributed by atoms with E-state index in [4.69, 9.17) is 4.74 Å². The molecule has 0 aliphatic carbocycles. The smallest absolute Gasteiger partial charge is 0.343 e. The van der Waals surface area contributed by atoms with Crippen molar-refractivity contribution in [1.29, 1.82) is 0 Å². The molecular formula is C22H26FN3O3. The molecular weight excluding hydrogens is 373 g/mol. The van der Waals surface area contributed by atoms with E-state index in [9.17, 15) is 9.59 Å². The standard InChI is InChI=1S/C22H26FN3O3/c1-4-24-8-10-25(11-9-24)20-15-7-6-14(3)26-13-17(22(28)29-5-2)21(27)16(19(15)26)12-18(20)23/h6-7,12-14H,4-5,8-11H2,1-3H3. The van der Waals surface area contributed by atoms with E-state index >= 15 is 4.39 Å². The highest BCUT2D eigenvalue weighted by atomic mass is 19.1. The maximum absolute atomic E-state index is 15.3. The molecule has 1 fully saturated rings. The van der Waals surface area contributed by atoms with Gasteiger partial charge in [-0.1, -0.05) is 19.1 Å². The minimum absolute atomic E-state index is 0.0591. The summed E-state index contributed by atoms with van der Waals surface area (Å²) in [6.07, 6.45) is 5.42. The highest BCUT2D eigenvalue weighted by molar-refractivity contribution is 5.99. The summed E-state index contributed by atoms with van der Waals surface area (Å²) < 4.78 is 22.2. The Morgan fingerprint density at radius 2 is 1.97 bits per heavy atom.